The Morgan fingerprint density at radius 1 is 0.488 bits per heavy atom. The molecule has 0 radical (unpaired) electrons. The second-order valence-corrected chi connectivity index (χ2v) is 11.3. The molecule has 6 heterocycles. The first-order valence-electron chi connectivity index (χ1n) is 15.3. The zero-order chi connectivity index (χ0) is 29.8. The van der Waals surface area contributed by atoms with Crippen LogP contribution in [0.1, 0.15) is 43.5 Å². The minimum absolute atomic E-state index is 0.773. The summed E-state index contributed by atoms with van der Waals surface area (Å²) in [7, 11) is 8.22. The molecular weight excluding hydrogens is 536 g/mol. The molecule has 2 aliphatic rings. The van der Waals surface area contributed by atoms with Crippen LogP contribution in [0.3, 0.4) is 0 Å². The summed E-state index contributed by atoms with van der Waals surface area (Å²) in [5, 5.41) is 7.15. The van der Waals surface area contributed by atoms with Crippen LogP contribution < -0.4 is 30.2 Å². The van der Waals surface area contributed by atoms with Crippen LogP contribution in [0, 0.1) is 0 Å². The standard InChI is InChI=1S/C33H42N10/c1-40-26-12-10-20-36-30(26)42(3)32-28(40)16-14-24(38-32)22-34-18-8-6-5-7-9-19-35-23-25-15-17-29-33(39-25)43(4)31-27(41(29)2)13-11-21-37-31/h10-17,20-21,34-35H,5-9,18-19,22-23H2,1-4H3. The Bertz CT molecular complexity index is 1440. The number of pyridine rings is 4. The SMILES string of the molecule is CN1c2cccnc2N(C)c2nc(CNCCCCCCCNCc3ccc4c(n3)N(C)c3ncccc3N4C)ccc21. The first-order chi connectivity index (χ1) is 21.0. The number of nitrogens with zero attached hydrogens (tertiary/aromatic N) is 8. The van der Waals surface area contributed by atoms with Crippen LogP contribution in [0.4, 0.5) is 46.0 Å². The van der Waals surface area contributed by atoms with E-state index in [4.69, 9.17) is 9.97 Å². The molecule has 0 unspecified atom stereocenters. The first kappa shape index (κ1) is 28.8. The molecule has 0 bridgehead atoms. The lowest BCUT2D eigenvalue weighted by atomic mass is 10.1. The van der Waals surface area contributed by atoms with E-state index in [1.54, 1.807) is 0 Å². The monoisotopic (exact) mass is 578 g/mol. The van der Waals surface area contributed by atoms with E-state index in [1.165, 1.54) is 32.1 Å². The van der Waals surface area contributed by atoms with E-state index < -0.39 is 0 Å². The maximum atomic E-state index is 4.94. The summed E-state index contributed by atoms with van der Waals surface area (Å²) in [6, 6.07) is 16.7. The number of fused-ring (bicyclic) bond motifs is 4. The van der Waals surface area contributed by atoms with Crippen LogP contribution in [0.25, 0.3) is 0 Å². The zero-order valence-electron chi connectivity index (χ0n) is 25.7. The Labute approximate surface area is 254 Å². The van der Waals surface area contributed by atoms with Crippen molar-refractivity contribution in [3.05, 3.63) is 72.3 Å². The normalized spacial score (nSPS) is 13.5. The van der Waals surface area contributed by atoms with Gasteiger partial charge in [-0.05, 0) is 74.5 Å². The highest BCUT2D eigenvalue weighted by atomic mass is 15.3. The molecule has 2 aliphatic heterocycles. The van der Waals surface area contributed by atoms with Crippen molar-refractivity contribution in [3.8, 4) is 0 Å². The Hall–Kier alpha value is -4.28. The van der Waals surface area contributed by atoms with Crippen molar-refractivity contribution in [2.75, 3.05) is 60.9 Å². The number of unbranched alkanes of at least 4 members (excludes halogenated alkanes) is 4. The molecule has 0 amide bonds. The van der Waals surface area contributed by atoms with Gasteiger partial charge in [0.25, 0.3) is 0 Å². The number of rotatable bonds is 12. The van der Waals surface area contributed by atoms with E-state index in [-0.39, 0.29) is 0 Å². The number of hydrogen-bond donors (Lipinski definition) is 2. The molecule has 2 N–H and O–H groups in total. The number of nitrogens with one attached hydrogen (secondary N) is 2. The number of anilines is 8. The van der Waals surface area contributed by atoms with E-state index in [1.807, 2.05) is 38.6 Å². The molecular formula is C33H42N10. The highest BCUT2D eigenvalue weighted by Crippen LogP contribution is 2.44. The van der Waals surface area contributed by atoms with Gasteiger partial charge in [-0.1, -0.05) is 19.3 Å². The summed E-state index contributed by atoms with van der Waals surface area (Å²) < 4.78 is 0. The van der Waals surface area contributed by atoms with Gasteiger partial charge in [0.15, 0.2) is 23.3 Å². The Morgan fingerprint density at radius 3 is 1.37 bits per heavy atom. The summed E-state index contributed by atoms with van der Waals surface area (Å²) in [4.78, 5) is 27.5. The molecule has 4 aromatic heterocycles. The van der Waals surface area contributed by atoms with Gasteiger partial charge in [-0.2, -0.15) is 0 Å². The average Bonchev–Trinajstić information content (AvgIpc) is 3.05. The fraction of sp³-hybridized carbons (Fsp3) is 0.394. The van der Waals surface area contributed by atoms with Crippen molar-refractivity contribution in [2.24, 2.45) is 0 Å². The highest BCUT2D eigenvalue weighted by Gasteiger charge is 2.27. The van der Waals surface area contributed by atoms with Gasteiger partial charge < -0.3 is 30.2 Å². The highest BCUT2D eigenvalue weighted by molar-refractivity contribution is 5.89. The predicted octanol–water partition coefficient (Wildman–Crippen LogP) is 5.79. The first-order valence-corrected chi connectivity index (χ1v) is 15.3. The molecule has 0 fully saturated rings. The van der Waals surface area contributed by atoms with Crippen molar-refractivity contribution >= 4 is 46.0 Å². The maximum Gasteiger partial charge on any atom is 0.158 e. The Morgan fingerprint density at radius 2 is 0.907 bits per heavy atom. The largest absolute Gasteiger partial charge is 0.339 e. The lowest BCUT2D eigenvalue weighted by Crippen LogP contribution is -2.27. The molecule has 0 atom stereocenters. The molecule has 43 heavy (non-hydrogen) atoms. The summed E-state index contributed by atoms with van der Waals surface area (Å²) >= 11 is 0. The van der Waals surface area contributed by atoms with Gasteiger partial charge in [-0.25, -0.2) is 19.9 Å². The predicted molar refractivity (Wildman–Crippen MR) is 176 cm³/mol. The fourth-order valence-corrected chi connectivity index (χ4v) is 5.92. The lowest BCUT2D eigenvalue weighted by molar-refractivity contribution is 0.552. The fourth-order valence-electron chi connectivity index (χ4n) is 5.92. The molecule has 0 aromatic carbocycles. The maximum absolute atomic E-state index is 4.94. The molecule has 0 spiro atoms. The van der Waals surface area contributed by atoms with E-state index >= 15 is 0 Å². The molecule has 6 rings (SSSR count). The van der Waals surface area contributed by atoms with Crippen LogP contribution in [0.2, 0.25) is 0 Å². The number of hydrogen-bond acceptors (Lipinski definition) is 10. The van der Waals surface area contributed by atoms with Crippen LogP contribution >= 0.6 is 0 Å². The minimum atomic E-state index is 0.773. The summed E-state index contributed by atoms with van der Waals surface area (Å²) in [6.07, 6.45) is 9.75. The zero-order valence-corrected chi connectivity index (χ0v) is 25.7. The second-order valence-electron chi connectivity index (χ2n) is 11.3. The molecule has 10 heteroatoms. The molecule has 0 saturated heterocycles. The smallest absolute Gasteiger partial charge is 0.158 e. The van der Waals surface area contributed by atoms with Gasteiger partial charge in [0.1, 0.15) is 0 Å². The summed E-state index contributed by atoms with van der Waals surface area (Å²) in [5.41, 5.74) is 6.50. The van der Waals surface area contributed by atoms with Crippen LogP contribution in [0.5, 0.6) is 0 Å². The van der Waals surface area contributed by atoms with E-state index in [0.717, 1.165) is 83.6 Å². The van der Waals surface area contributed by atoms with Gasteiger partial charge in [0, 0.05) is 53.7 Å². The Kier molecular flexibility index (Phi) is 8.67. The topological polar surface area (TPSA) is 88.6 Å². The summed E-state index contributed by atoms with van der Waals surface area (Å²) in [5.74, 6) is 3.77. The molecule has 4 aromatic rings. The third kappa shape index (κ3) is 5.98. The van der Waals surface area contributed by atoms with Gasteiger partial charge in [0.05, 0.1) is 34.1 Å². The minimum Gasteiger partial charge on any atom is -0.339 e. The molecule has 0 saturated carbocycles. The van der Waals surface area contributed by atoms with Gasteiger partial charge >= 0.3 is 0 Å². The van der Waals surface area contributed by atoms with Crippen molar-refractivity contribution in [3.63, 3.8) is 0 Å². The second kappa shape index (κ2) is 12.9. The molecule has 224 valence electrons. The Balaban J connectivity index is 0.859. The number of aromatic nitrogens is 4. The third-order valence-electron chi connectivity index (χ3n) is 8.39. The van der Waals surface area contributed by atoms with Crippen LogP contribution in [-0.4, -0.2) is 61.2 Å². The van der Waals surface area contributed by atoms with E-state index in [2.05, 4.69) is 90.7 Å². The molecule has 10 nitrogen and oxygen atoms in total. The van der Waals surface area contributed by atoms with E-state index in [9.17, 15) is 0 Å². The lowest BCUT2D eigenvalue weighted by Gasteiger charge is -2.34. The average molecular weight is 579 g/mol. The van der Waals surface area contributed by atoms with Crippen molar-refractivity contribution in [1.82, 2.24) is 30.6 Å². The third-order valence-corrected chi connectivity index (χ3v) is 8.39. The van der Waals surface area contributed by atoms with Gasteiger partial charge in [-0.3, -0.25) is 0 Å². The van der Waals surface area contributed by atoms with Crippen LogP contribution in [0.15, 0.2) is 60.9 Å². The van der Waals surface area contributed by atoms with Crippen molar-refractivity contribution in [1.29, 1.82) is 0 Å². The molecule has 0 aliphatic carbocycles. The van der Waals surface area contributed by atoms with E-state index in [0.29, 0.717) is 0 Å². The van der Waals surface area contributed by atoms with Crippen molar-refractivity contribution in [2.45, 2.75) is 45.2 Å². The quantitative estimate of drug-likeness (QED) is 0.201. The van der Waals surface area contributed by atoms with Gasteiger partial charge in [0.2, 0.25) is 0 Å². The summed E-state index contributed by atoms with van der Waals surface area (Å²) in [6.45, 7) is 3.56. The van der Waals surface area contributed by atoms with Crippen molar-refractivity contribution < 1.29 is 0 Å². The van der Waals surface area contributed by atoms with Gasteiger partial charge in [-0.15, -0.1) is 0 Å². The van der Waals surface area contributed by atoms with Crippen LogP contribution in [-0.2, 0) is 13.1 Å².